The molecule has 2 rings (SSSR count). The number of carbonyl (C=O) groups is 1. The minimum absolute atomic E-state index is 0.0157. The summed E-state index contributed by atoms with van der Waals surface area (Å²) in [6, 6.07) is 11.8. The number of hydrogen-bond acceptors (Lipinski definition) is 4. The Morgan fingerprint density at radius 3 is 2.44 bits per heavy atom. The fourth-order valence-corrected chi connectivity index (χ4v) is 3.31. The Morgan fingerprint density at radius 1 is 1.26 bits per heavy atom. The molecule has 0 aliphatic carbocycles. The van der Waals surface area contributed by atoms with Crippen LogP contribution in [0.15, 0.2) is 47.4 Å². The van der Waals surface area contributed by atoms with Crippen molar-refractivity contribution in [2.24, 2.45) is 0 Å². The summed E-state index contributed by atoms with van der Waals surface area (Å²) in [4.78, 5) is 13.2. The number of thioether (sulfide) groups is 1. The van der Waals surface area contributed by atoms with Crippen LogP contribution in [0.5, 0.6) is 0 Å². The van der Waals surface area contributed by atoms with E-state index < -0.39 is 28.8 Å². The standard InChI is InChI=1S/C18H14F3IN2O2S/c1-17(26,10-27-14-6-3-12(22)4-7-14)16(25)24-13-5-2-11(9-23)15(8-13)18(19,20)21/h2-8,26H,10H2,1H3,(H,24,25). The van der Waals surface area contributed by atoms with Gasteiger partial charge in [-0.2, -0.15) is 18.4 Å². The number of hydrogen-bond donors (Lipinski definition) is 2. The van der Waals surface area contributed by atoms with Crippen molar-refractivity contribution >= 4 is 45.9 Å². The van der Waals surface area contributed by atoms with Gasteiger partial charge in [0.1, 0.15) is 5.60 Å². The molecule has 0 radical (unpaired) electrons. The number of alkyl halides is 3. The van der Waals surface area contributed by atoms with Gasteiger partial charge in [-0.25, -0.2) is 0 Å². The first-order valence-electron chi connectivity index (χ1n) is 7.56. The largest absolute Gasteiger partial charge is 0.417 e. The van der Waals surface area contributed by atoms with E-state index in [1.165, 1.54) is 30.8 Å². The van der Waals surface area contributed by atoms with E-state index in [-0.39, 0.29) is 11.4 Å². The zero-order chi connectivity index (χ0) is 20.2. The third-order valence-corrected chi connectivity index (χ3v) is 5.56. The number of amides is 1. The molecule has 2 aromatic rings. The fourth-order valence-electron chi connectivity index (χ4n) is 2.04. The summed E-state index contributed by atoms with van der Waals surface area (Å²) in [7, 11) is 0. The normalized spacial score (nSPS) is 13.5. The molecule has 9 heteroatoms. The first-order chi connectivity index (χ1) is 12.5. The molecule has 0 aliphatic rings. The van der Waals surface area contributed by atoms with Gasteiger partial charge in [-0.1, -0.05) is 0 Å². The molecule has 27 heavy (non-hydrogen) atoms. The van der Waals surface area contributed by atoms with E-state index >= 15 is 0 Å². The molecule has 142 valence electrons. The first kappa shape index (κ1) is 21.5. The van der Waals surface area contributed by atoms with Crippen LogP contribution >= 0.6 is 34.4 Å². The van der Waals surface area contributed by atoms with Crippen molar-refractivity contribution in [3.8, 4) is 6.07 Å². The van der Waals surface area contributed by atoms with Crippen molar-refractivity contribution in [1.29, 1.82) is 5.26 Å². The van der Waals surface area contributed by atoms with Crippen LogP contribution in [-0.4, -0.2) is 22.4 Å². The molecule has 1 amide bonds. The summed E-state index contributed by atoms with van der Waals surface area (Å²) in [6.07, 6.45) is -4.73. The predicted octanol–water partition coefficient (Wildman–Crippen LogP) is 4.66. The summed E-state index contributed by atoms with van der Waals surface area (Å²) in [5.74, 6) is -0.819. The summed E-state index contributed by atoms with van der Waals surface area (Å²) in [5, 5.41) is 21.5. The van der Waals surface area contributed by atoms with Crippen molar-refractivity contribution in [2.45, 2.75) is 23.6 Å². The molecule has 2 N–H and O–H groups in total. The zero-order valence-electron chi connectivity index (χ0n) is 14.0. The van der Waals surface area contributed by atoms with E-state index in [1.807, 2.05) is 24.3 Å². The van der Waals surface area contributed by atoms with E-state index in [0.717, 1.165) is 14.5 Å². The second kappa shape index (κ2) is 8.50. The van der Waals surface area contributed by atoms with Gasteiger partial charge in [0, 0.05) is 19.9 Å². The van der Waals surface area contributed by atoms with Crippen LogP contribution in [0.1, 0.15) is 18.1 Å². The first-order valence-corrected chi connectivity index (χ1v) is 9.63. The van der Waals surface area contributed by atoms with Gasteiger partial charge in [0.25, 0.3) is 5.91 Å². The van der Waals surface area contributed by atoms with Crippen LogP contribution in [-0.2, 0) is 11.0 Å². The van der Waals surface area contributed by atoms with Crippen molar-refractivity contribution in [3.63, 3.8) is 0 Å². The Morgan fingerprint density at radius 2 is 1.89 bits per heavy atom. The second-order valence-corrected chi connectivity index (χ2v) is 8.13. The Balaban J connectivity index is 2.11. The van der Waals surface area contributed by atoms with Gasteiger partial charge in [0.2, 0.25) is 0 Å². The lowest BCUT2D eigenvalue weighted by molar-refractivity contribution is -0.137. The number of rotatable bonds is 5. The van der Waals surface area contributed by atoms with Crippen molar-refractivity contribution < 1.29 is 23.1 Å². The van der Waals surface area contributed by atoms with E-state index in [0.29, 0.717) is 6.07 Å². The Labute approximate surface area is 171 Å². The van der Waals surface area contributed by atoms with Gasteiger partial charge in [-0.15, -0.1) is 11.8 Å². The number of benzene rings is 2. The van der Waals surface area contributed by atoms with Gasteiger partial charge in [-0.3, -0.25) is 4.79 Å². The number of halogens is 4. The number of nitrogens with zero attached hydrogens (tertiary/aromatic N) is 1. The Bertz CT molecular complexity index is 878. The minimum atomic E-state index is -4.73. The van der Waals surface area contributed by atoms with Crippen LogP contribution in [0.3, 0.4) is 0 Å². The van der Waals surface area contributed by atoms with Crippen LogP contribution in [0.2, 0.25) is 0 Å². The lowest BCUT2D eigenvalue weighted by Gasteiger charge is -2.22. The summed E-state index contributed by atoms with van der Waals surface area (Å²) >= 11 is 3.41. The van der Waals surface area contributed by atoms with Gasteiger partial charge in [0.05, 0.1) is 17.2 Å². The average Bonchev–Trinajstić information content (AvgIpc) is 2.60. The van der Waals surface area contributed by atoms with Crippen LogP contribution in [0.25, 0.3) is 0 Å². The Kier molecular flexibility index (Phi) is 6.77. The quantitative estimate of drug-likeness (QED) is 0.457. The minimum Gasteiger partial charge on any atom is -0.379 e. The number of anilines is 1. The molecule has 2 aromatic carbocycles. The highest BCUT2D eigenvalue weighted by molar-refractivity contribution is 14.1. The molecule has 0 bridgehead atoms. The van der Waals surface area contributed by atoms with Crippen LogP contribution < -0.4 is 5.32 Å². The molecule has 0 spiro atoms. The zero-order valence-corrected chi connectivity index (χ0v) is 16.9. The molecule has 4 nitrogen and oxygen atoms in total. The fraction of sp³-hybridized carbons (Fsp3) is 0.222. The third-order valence-electron chi connectivity index (χ3n) is 3.53. The highest BCUT2D eigenvalue weighted by Crippen LogP contribution is 2.34. The number of nitriles is 1. The number of carbonyl (C=O) groups excluding carboxylic acids is 1. The maximum absolute atomic E-state index is 13.0. The highest BCUT2D eigenvalue weighted by atomic mass is 127. The van der Waals surface area contributed by atoms with Crippen molar-refractivity contribution in [3.05, 3.63) is 57.2 Å². The molecular formula is C18H14F3IN2O2S. The Hall–Kier alpha value is -1.77. The molecule has 1 atom stereocenters. The van der Waals surface area contributed by atoms with E-state index in [9.17, 15) is 23.1 Å². The van der Waals surface area contributed by atoms with Gasteiger partial charge in [-0.05, 0) is 72.0 Å². The summed E-state index contributed by atoms with van der Waals surface area (Å²) < 4.78 is 40.1. The number of aliphatic hydroxyl groups is 1. The molecule has 0 saturated heterocycles. The number of nitrogens with one attached hydrogen (secondary N) is 1. The average molecular weight is 506 g/mol. The third kappa shape index (κ3) is 5.85. The van der Waals surface area contributed by atoms with E-state index in [1.54, 1.807) is 0 Å². The molecule has 0 aromatic heterocycles. The second-order valence-electron chi connectivity index (χ2n) is 5.84. The van der Waals surface area contributed by atoms with Crippen molar-refractivity contribution in [1.82, 2.24) is 0 Å². The van der Waals surface area contributed by atoms with E-state index in [2.05, 4.69) is 27.9 Å². The van der Waals surface area contributed by atoms with Crippen LogP contribution in [0, 0.1) is 14.9 Å². The van der Waals surface area contributed by atoms with Gasteiger partial charge < -0.3 is 10.4 Å². The highest BCUT2D eigenvalue weighted by Gasteiger charge is 2.35. The topological polar surface area (TPSA) is 73.1 Å². The van der Waals surface area contributed by atoms with Gasteiger partial charge in [0.15, 0.2) is 0 Å². The SMILES string of the molecule is CC(O)(CSc1ccc(I)cc1)C(=O)Nc1ccc(C#N)c(C(F)(F)F)c1. The summed E-state index contributed by atoms with van der Waals surface area (Å²) in [6.45, 7) is 1.29. The monoisotopic (exact) mass is 506 g/mol. The maximum atomic E-state index is 13.0. The molecule has 0 fully saturated rings. The predicted molar refractivity (Wildman–Crippen MR) is 105 cm³/mol. The lowest BCUT2D eigenvalue weighted by atomic mass is 10.1. The smallest absolute Gasteiger partial charge is 0.379 e. The lowest BCUT2D eigenvalue weighted by Crippen LogP contribution is -2.42. The van der Waals surface area contributed by atoms with E-state index in [4.69, 9.17) is 5.26 Å². The molecule has 0 aliphatic heterocycles. The van der Waals surface area contributed by atoms with Gasteiger partial charge >= 0.3 is 6.18 Å². The molecular weight excluding hydrogens is 492 g/mol. The summed E-state index contributed by atoms with van der Waals surface area (Å²) in [5.41, 5.74) is -3.64. The molecule has 1 unspecified atom stereocenters. The maximum Gasteiger partial charge on any atom is 0.417 e. The van der Waals surface area contributed by atoms with Crippen molar-refractivity contribution in [2.75, 3.05) is 11.1 Å². The molecule has 0 saturated carbocycles. The van der Waals surface area contributed by atoms with Crippen LogP contribution in [0.4, 0.5) is 18.9 Å². The molecule has 0 heterocycles.